The number of aromatic nitrogens is 2. The van der Waals surface area contributed by atoms with Gasteiger partial charge < -0.3 is 19.5 Å². The Kier molecular flexibility index (Phi) is 6.77. The maximum absolute atomic E-state index is 6.28. The summed E-state index contributed by atoms with van der Waals surface area (Å²) in [4.78, 5) is 11.2. The smallest absolute Gasteiger partial charge is 0.163 e. The summed E-state index contributed by atoms with van der Waals surface area (Å²) < 4.78 is 18.9. The number of fused-ring (bicyclic) bond motifs is 2. The molecule has 3 aromatic rings. The molecule has 1 N–H and O–H groups in total. The number of hydrogen-bond acceptors (Lipinski definition) is 7. The Morgan fingerprint density at radius 1 is 1.10 bits per heavy atom. The van der Waals surface area contributed by atoms with Crippen molar-refractivity contribution in [3.8, 4) is 11.5 Å². The summed E-state index contributed by atoms with van der Waals surface area (Å²) in [5.74, 6) is 2.22. The summed E-state index contributed by atoms with van der Waals surface area (Å²) in [6.07, 6.45) is 1.56. The van der Waals surface area contributed by atoms with Crippen LogP contribution in [0.5, 0.6) is 11.5 Å². The fraction of sp³-hybridized carbons (Fsp3) is 0.333. The van der Waals surface area contributed by atoms with Crippen LogP contribution in [-0.4, -0.2) is 60.4 Å². The molecule has 0 bridgehead atoms. The van der Waals surface area contributed by atoms with Gasteiger partial charge in [-0.15, -0.1) is 12.4 Å². The summed E-state index contributed by atoms with van der Waals surface area (Å²) in [6.45, 7) is 4.79. The molecule has 5 rings (SSSR count). The van der Waals surface area contributed by atoms with E-state index in [1.165, 1.54) is 0 Å². The molecule has 0 aliphatic carbocycles. The van der Waals surface area contributed by atoms with Crippen LogP contribution in [0.15, 0.2) is 42.7 Å². The van der Waals surface area contributed by atoms with Crippen molar-refractivity contribution >= 4 is 57.4 Å². The first-order valence-corrected chi connectivity index (χ1v) is 10.7. The van der Waals surface area contributed by atoms with Gasteiger partial charge in [0.1, 0.15) is 24.9 Å². The van der Waals surface area contributed by atoms with E-state index in [0.717, 1.165) is 70.3 Å². The minimum Gasteiger partial charge on any atom is -0.486 e. The SMILES string of the molecule is Cl.Ic1cccc(Nc2ncnc3cc4c(cc23)OC(CN2CCOCC2)CO4)c1. The van der Waals surface area contributed by atoms with Gasteiger partial charge in [-0.3, -0.25) is 4.90 Å². The number of nitrogens with zero attached hydrogens (tertiary/aromatic N) is 3. The molecule has 0 radical (unpaired) electrons. The lowest BCUT2D eigenvalue weighted by Crippen LogP contribution is -2.45. The maximum Gasteiger partial charge on any atom is 0.163 e. The van der Waals surface area contributed by atoms with Crippen LogP contribution in [0.25, 0.3) is 10.9 Å². The van der Waals surface area contributed by atoms with E-state index in [4.69, 9.17) is 14.2 Å². The van der Waals surface area contributed by atoms with Gasteiger partial charge >= 0.3 is 0 Å². The molecule has 1 aromatic heterocycles. The molecule has 1 atom stereocenters. The zero-order valence-corrected chi connectivity index (χ0v) is 19.2. The van der Waals surface area contributed by atoms with Crippen molar-refractivity contribution in [2.45, 2.75) is 6.10 Å². The Hall–Kier alpha value is -1.88. The molecule has 7 nitrogen and oxygen atoms in total. The topological polar surface area (TPSA) is 68.7 Å². The third-order valence-corrected chi connectivity index (χ3v) is 5.74. The second kappa shape index (κ2) is 9.51. The van der Waals surface area contributed by atoms with Gasteiger partial charge in [0.15, 0.2) is 11.5 Å². The Balaban J connectivity index is 0.00000218. The largest absolute Gasteiger partial charge is 0.486 e. The molecule has 30 heavy (non-hydrogen) atoms. The number of hydrogen-bond donors (Lipinski definition) is 1. The molecule has 158 valence electrons. The van der Waals surface area contributed by atoms with Gasteiger partial charge in [-0.25, -0.2) is 9.97 Å². The molecule has 2 aliphatic rings. The standard InChI is InChI=1S/C21H21IN4O3.ClH/c22-14-2-1-3-15(8-14)25-21-17-9-20-19(10-18(17)23-13-24-21)28-12-16(29-20)11-26-4-6-27-7-5-26;/h1-3,8-10,13,16H,4-7,11-12H2,(H,23,24,25);1H. The molecule has 1 unspecified atom stereocenters. The highest BCUT2D eigenvalue weighted by Crippen LogP contribution is 2.37. The van der Waals surface area contributed by atoms with Crippen molar-refractivity contribution in [2.24, 2.45) is 0 Å². The first-order valence-electron chi connectivity index (χ1n) is 9.65. The van der Waals surface area contributed by atoms with Crippen molar-refractivity contribution in [3.63, 3.8) is 0 Å². The average Bonchev–Trinajstić information content (AvgIpc) is 2.74. The highest BCUT2D eigenvalue weighted by molar-refractivity contribution is 14.1. The van der Waals surface area contributed by atoms with Gasteiger partial charge in [-0.1, -0.05) is 6.07 Å². The van der Waals surface area contributed by atoms with Crippen LogP contribution in [0.2, 0.25) is 0 Å². The van der Waals surface area contributed by atoms with Crippen molar-refractivity contribution in [1.82, 2.24) is 14.9 Å². The van der Waals surface area contributed by atoms with E-state index < -0.39 is 0 Å². The second-order valence-electron chi connectivity index (χ2n) is 7.14. The molecule has 2 aromatic carbocycles. The van der Waals surface area contributed by atoms with Gasteiger partial charge in [0, 0.05) is 40.3 Å². The zero-order valence-electron chi connectivity index (χ0n) is 16.2. The Bertz CT molecular complexity index is 1030. The van der Waals surface area contributed by atoms with Crippen LogP contribution >= 0.6 is 35.0 Å². The predicted octanol–water partition coefficient (Wildman–Crippen LogP) is 3.87. The first kappa shape index (κ1) is 21.4. The maximum atomic E-state index is 6.28. The van der Waals surface area contributed by atoms with Crippen molar-refractivity contribution < 1.29 is 14.2 Å². The fourth-order valence-electron chi connectivity index (χ4n) is 3.63. The molecule has 1 saturated heterocycles. The van der Waals surface area contributed by atoms with Crippen molar-refractivity contribution in [1.29, 1.82) is 0 Å². The molecule has 1 fully saturated rings. The molecule has 9 heteroatoms. The van der Waals surface area contributed by atoms with Crippen LogP contribution in [0.1, 0.15) is 0 Å². The Morgan fingerprint density at radius 3 is 2.80 bits per heavy atom. The minimum absolute atomic E-state index is 0. The lowest BCUT2D eigenvalue weighted by Gasteiger charge is -2.33. The van der Waals surface area contributed by atoms with Gasteiger partial charge in [-0.2, -0.15) is 0 Å². The number of benzene rings is 2. The molecule has 0 amide bonds. The van der Waals surface area contributed by atoms with Crippen LogP contribution in [0.3, 0.4) is 0 Å². The normalized spacial score (nSPS) is 18.6. The summed E-state index contributed by atoms with van der Waals surface area (Å²) in [5, 5.41) is 4.30. The van der Waals surface area contributed by atoms with E-state index in [9.17, 15) is 0 Å². The number of rotatable bonds is 4. The molecule has 0 spiro atoms. The van der Waals surface area contributed by atoms with Gasteiger partial charge in [0.25, 0.3) is 0 Å². The number of anilines is 2. The van der Waals surface area contributed by atoms with E-state index in [1.807, 2.05) is 24.3 Å². The van der Waals surface area contributed by atoms with Crippen LogP contribution < -0.4 is 14.8 Å². The molecule has 2 aliphatic heterocycles. The van der Waals surface area contributed by atoms with Crippen LogP contribution in [-0.2, 0) is 4.74 Å². The second-order valence-corrected chi connectivity index (χ2v) is 8.38. The van der Waals surface area contributed by atoms with Gasteiger partial charge in [0.05, 0.1) is 18.7 Å². The lowest BCUT2D eigenvalue weighted by atomic mass is 10.1. The van der Waals surface area contributed by atoms with Gasteiger partial charge in [-0.05, 0) is 46.9 Å². The average molecular weight is 541 g/mol. The van der Waals surface area contributed by atoms with Crippen LogP contribution in [0, 0.1) is 3.57 Å². The van der Waals surface area contributed by atoms with E-state index in [2.05, 4.69) is 54.9 Å². The summed E-state index contributed by atoms with van der Waals surface area (Å²) in [6, 6.07) is 12.1. The monoisotopic (exact) mass is 540 g/mol. The molecular weight excluding hydrogens is 519 g/mol. The third-order valence-electron chi connectivity index (χ3n) is 5.07. The van der Waals surface area contributed by atoms with Crippen molar-refractivity contribution in [2.75, 3.05) is 44.8 Å². The van der Waals surface area contributed by atoms with E-state index in [-0.39, 0.29) is 18.5 Å². The number of nitrogens with one attached hydrogen (secondary N) is 1. The summed E-state index contributed by atoms with van der Waals surface area (Å²) >= 11 is 2.30. The molecule has 0 saturated carbocycles. The van der Waals surface area contributed by atoms with E-state index in [1.54, 1.807) is 6.33 Å². The van der Waals surface area contributed by atoms with Crippen LogP contribution in [0.4, 0.5) is 11.5 Å². The quantitative estimate of drug-likeness (QED) is 0.504. The number of halogens is 2. The van der Waals surface area contributed by atoms with E-state index >= 15 is 0 Å². The highest BCUT2D eigenvalue weighted by atomic mass is 127. The number of morpholine rings is 1. The lowest BCUT2D eigenvalue weighted by molar-refractivity contribution is 0.00322. The fourth-order valence-corrected chi connectivity index (χ4v) is 4.17. The predicted molar refractivity (Wildman–Crippen MR) is 126 cm³/mol. The first-order chi connectivity index (χ1) is 14.2. The van der Waals surface area contributed by atoms with Crippen molar-refractivity contribution in [3.05, 3.63) is 46.3 Å². The number of ether oxygens (including phenoxy) is 3. The Labute approximate surface area is 194 Å². The Morgan fingerprint density at radius 2 is 1.97 bits per heavy atom. The van der Waals surface area contributed by atoms with Gasteiger partial charge in [0.2, 0.25) is 0 Å². The third kappa shape index (κ3) is 4.72. The highest BCUT2D eigenvalue weighted by Gasteiger charge is 2.25. The minimum atomic E-state index is -0.00482. The summed E-state index contributed by atoms with van der Waals surface area (Å²) in [7, 11) is 0. The summed E-state index contributed by atoms with van der Waals surface area (Å²) in [5.41, 5.74) is 1.80. The molecular formula is C21H22ClIN4O3. The zero-order chi connectivity index (χ0) is 19.6. The van der Waals surface area contributed by atoms with E-state index in [0.29, 0.717) is 6.61 Å². The molecule has 3 heterocycles.